The van der Waals surface area contributed by atoms with E-state index in [0.29, 0.717) is 0 Å². The first-order valence-electron chi connectivity index (χ1n) is 13.2. The average Bonchev–Trinajstić information content (AvgIpc) is 3.13. The van der Waals surface area contributed by atoms with Crippen LogP contribution in [0.1, 0.15) is 28.7 Å². The second-order valence-corrected chi connectivity index (χ2v) is 10.3. The molecule has 4 atom stereocenters. The standard InChI is InChI=1S/C36H28O/c37-34-32(26-14-5-1-6-15-26)33(27-16-7-2-8-17-27)35(28-18-9-3-10-19-28)30-22-13-23-31(25-24-30)36(34,35)29-20-11-4-12-21-29/h1-22,24-25,30-31H,23H2/t30-,31-,35+,36+/m0/s1. The number of fused-ring (bicyclic) bond motifs is 1. The van der Waals surface area contributed by atoms with Gasteiger partial charge in [-0.3, -0.25) is 4.79 Å². The Morgan fingerprint density at radius 1 is 0.541 bits per heavy atom. The number of hydrogen-bond donors (Lipinski definition) is 0. The summed E-state index contributed by atoms with van der Waals surface area (Å²) in [6.07, 6.45) is 10.2. The Bertz CT molecular complexity index is 1550. The fourth-order valence-electron chi connectivity index (χ4n) is 7.55. The number of Topliss-reactive ketones (excluding diaryl/α,β-unsaturated/α-hetero) is 1. The number of ketones is 1. The lowest BCUT2D eigenvalue weighted by molar-refractivity contribution is -0.122. The van der Waals surface area contributed by atoms with Crippen LogP contribution in [0, 0.1) is 11.8 Å². The highest BCUT2D eigenvalue weighted by atomic mass is 16.1. The van der Waals surface area contributed by atoms with E-state index < -0.39 is 10.8 Å². The number of allylic oxidation sites excluding steroid dienone is 6. The first kappa shape index (κ1) is 22.0. The van der Waals surface area contributed by atoms with Gasteiger partial charge in [0.1, 0.15) is 0 Å². The minimum absolute atomic E-state index is 0.0363. The summed E-state index contributed by atoms with van der Waals surface area (Å²) < 4.78 is 0. The largest absolute Gasteiger partial charge is 0.293 e. The van der Waals surface area contributed by atoms with E-state index >= 15 is 4.79 Å². The van der Waals surface area contributed by atoms with Gasteiger partial charge in [0.2, 0.25) is 0 Å². The lowest BCUT2D eigenvalue weighted by Crippen LogP contribution is -2.59. The number of carbonyl (C=O) groups is 1. The van der Waals surface area contributed by atoms with Crippen LogP contribution in [0.25, 0.3) is 11.1 Å². The zero-order valence-corrected chi connectivity index (χ0v) is 20.6. The van der Waals surface area contributed by atoms with E-state index in [2.05, 4.69) is 127 Å². The van der Waals surface area contributed by atoms with Gasteiger partial charge in [-0.05, 0) is 40.2 Å². The highest BCUT2D eigenvalue weighted by Crippen LogP contribution is 2.70. The average molecular weight is 477 g/mol. The second kappa shape index (κ2) is 8.42. The summed E-state index contributed by atoms with van der Waals surface area (Å²) in [5.41, 5.74) is 5.05. The molecule has 0 aromatic heterocycles. The Balaban J connectivity index is 1.72. The summed E-state index contributed by atoms with van der Waals surface area (Å²) in [7, 11) is 0. The van der Waals surface area contributed by atoms with Crippen molar-refractivity contribution in [3.05, 3.63) is 168 Å². The molecule has 1 nitrogen and oxygen atoms in total. The third-order valence-electron chi connectivity index (χ3n) is 8.78. The van der Waals surface area contributed by atoms with E-state index in [4.69, 9.17) is 0 Å². The molecule has 0 aliphatic heterocycles. The number of benzene rings is 4. The van der Waals surface area contributed by atoms with Crippen molar-refractivity contribution in [3.8, 4) is 0 Å². The second-order valence-electron chi connectivity index (χ2n) is 10.3. The predicted octanol–water partition coefficient (Wildman–Crippen LogP) is 7.82. The van der Waals surface area contributed by atoms with Gasteiger partial charge in [-0.25, -0.2) is 0 Å². The van der Waals surface area contributed by atoms with Crippen LogP contribution in [-0.4, -0.2) is 5.78 Å². The monoisotopic (exact) mass is 476 g/mol. The van der Waals surface area contributed by atoms with E-state index in [1.54, 1.807) is 0 Å². The van der Waals surface area contributed by atoms with Gasteiger partial charge >= 0.3 is 0 Å². The van der Waals surface area contributed by atoms with Crippen molar-refractivity contribution in [2.45, 2.75) is 17.3 Å². The van der Waals surface area contributed by atoms with Crippen LogP contribution < -0.4 is 0 Å². The van der Waals surface area contributed by atoms with Gasteiger partial charge in [-0.1, -0.05) is 146 Å². The number of hydrogen-bond acceptors (Lipinski definition) is 1. The molecule has 8 rings (SSSR count). The Labute approximate surface area is 218 Å². The van der Waals surface area contributed by atoms with E-state index in [-0.39, 0.29) is 17.6 Å². The van der Waals surface area contributed by atoms with Crippen molar-refractivity contribution < 1.29 is 4.79 Å². The molecule has 0 saturated heterocycles. The molecule has 0 amide bonds. The van der Waals surface area contributed by atoms with Crippen LogP contribution in [0.5, 0.6) is 0 Å². The quantitative estimate of drug-likeness (QED) is 0.274. The highest BCUT2D eigenvalue weighted by Gasteiger charge is 2.71. The van der Waals surface area contributed by atoms with Crippen molar-refractivity contribution in [2.24, 2.45) is 11.8 Å². The minimum atomic E-state index is -0.769. The van der Waals surface area contributed by atoms with Crippen LogP contribution in [0.2, 0.25) is 0 Å². The topological polar surface area (TPSA) is 17.1 Å². The Kier molecular flexibility index (Phi) is 5.01. The summed E-state index contributed by atoms with van der Waals surface area (Å²) in [5.74, 6) is 0.308. The third kappa shape index (κ3) is 2.83. The summed E-state index contributed by atoms with van der Waals surface area (Å²) in [6.45, 7) is 0. The van der Waals surface area contributed by atoms with Crippen molar-refractivity contribution in [2.75, 3.05) is 0 Å². The van der Waals surface area contributed by atoms with Crippen LogP contribution in [0.15, 0.2) is 146 Å². The van der Waals surface area contributed by atoms with Crippen molar-refractivity contribution >= 4 is 16.9 Å². The zero-order chi connectivity index (χ0) is 24.9. The molecule has 0 saturated carbocycles. The van der Waals surface area contributed by atoms with Crippen LogP contribution in [0.3, 0.4) is 0 Å². The Morgan fingerprint density at radius 2 is 1.05 bits per heavy atom. The molecule has 0 unspecified atom stereocenters. The van der Waals surface area contributed by atoms with Crippen LogP contribution in [-0.2, 0) is 15.6 Å². The smallest absolute Gasteiger partial charge is 0.176 e. The van der Waals surface area contributed by atoms with Gasteiger partial charge in [0.15, 0.2) is 5.78 Å². The van der Waals surface area contributed by atoms with Crippen molar-refractivity contribution in [1.29, 1.82) is 0 Å². The SMILES string of the molecule is O=C1C(c2ccccc2)=C(c2ccccc2)[C@@]2(c3ccccc3)[C@H]3C=CC[C@@H](C=C3)[C@]12c1ccccc1. The van der Waals surface area contributed by atoms with E-state index in [1.165, 1.54) is 5.56 Å². The molecule has 37 heavy (non-hydrogen) atoms. The molecule has 4 aromatic rings. The van der Waals surface area contributed by atoms with E-state index in [9.17, 15) is 0 Å². The predicted molar refractivity (Wildman–Crippen MR) is 151 cm³/mol. The molecule has 1 heteroatoms. The number of carbonyl (C=O) groups excluding carboxylic acids is 1. The highest BCUT2D eigenvalue weighted by molar-refractivity contribution is 6.38. The summed E-state index contributed by atoms with van der Waals surface area (Å²) in [5, 5.41) is 0. The lowest BCUT2D eigenvalue weighted by Gasteiger charge is -2.55. The molecular weight excluding hydrogens is 448 g/mol. The molecule has 0 fully saturated rings. The normalized spacial score (nSPS) is 27.8. The minimum Gasteiger partial charge on any atom is -0.293 e. The lowest BCUT2D eigenvalue weighted by atomic mass is 9.45. The number of rotatable bonds is 4. The van der Waals surface area contributed by atoms with Gasteiger partial charge in [0.25, 0.3) is 0 Å². The van der Waals surface area contributed by atoms with E-state index in [0.717, 1.165) is 34.3 Å². The summed E-state index contributed by atoms with van der Waals surface area (Å²) in [4.78, 5) is 15.4. The Morgan fingerprint density at radius 3 is 1.65 bits per heavy atom. The van der Waals surface area contributed by atoms with Gasteiger partial charge in [-0.2, -0.15) is 0 Å². The van der Waals surface area contributed by atoms with E-state index in [1.807, 2.05) is 18.2 Å². The molecule has 4 aliphatic carbocycles. The molecule has 178 valence electrons. The first-order valence-corrected chi connectivity index (χ1v) is 13.2. The zero-order valence-electron chi connectivity index (χ0n) is 20.6. The fraction of sp³-hybridized carbons (Fsp3) is 0.139. The Hall–Kier alpha value is -4.23. The third-order valence-corrected chi connectivity index (χ3v) is 8.78. The first-order chi connectivity index (χ1) is 18.3. The van der Waals surface area contributed by atoms with Gasteiger partial charge < -0.3 is 0 Å². The van der Waals surface area contributed by atoms with Gasteiger partial charge in [-0.15, -0.1) is 0 Å². The molecule has 0 heterocycles. The molecule has 2 bridgehead atoms. The maximum atomic E-state index is 15.4. The fourth-order valence-corrected chi connectivity index (χ4v) is 7.55. The maximum absolute atomic E-state index is 15.4. The van der Waals surface area contributed by atoms with Crippen molar-refractivity contribution in [3.63, 3.8) is 0 Å². The molecule has 4 aliphatic rings. The summed E-state index contributed by atoms with van der Waals surface area (Å²) >= 11 is 0. The molecule has 4 aromatic carbocycles. The van der Waals surface area contributed by atoms with Gasteiger partial charge in [0, 0.05) is 16.9 Å². The van der Waals surface area contributed by atoms with Crippen LogP contribution in [0.4, 0.5) is 0 Å². The summed E-state index contributed by atoms with van der Waals surface area (Å²) in [6, 6.07) is 42.3. The molecular formula is C36H28O. The molecule has 0 spiro atoms. The van der Waals surface area contributed by atoms with Crippen LogP contribution >= 0.6 is 0 Å². The van der Waals surface area contributed by atoms with Gasteiger partial charge in [0.05, 0.1) is 5.41 Å². The maximum Gasteiger partial charge on any atom is 0.176 e. The van der Waals surface area contributed by atoms with Crippen molar-refractivity contribution in [1.82, 2.24) is 0 Å². The molecule has 0 N–H and O–H groups in total. The molecule has 0 radical (unpaired) electrons.